The van der Waals surface area contributed by atoms with Crippen LogP contribution in [0.25, 0.3) is 0 Å². The summed E-state index contributed by atoms with van der Waals surface area (Å²) in [5, 5.41) is 6.88. The lowest BCUT2D eigenvalue weighted by atomic mass is 10.2. The van der Waals surface area contributed by atoms with Gasteiger partial charge in [-0.05, 0) is 25.3 Å². The van der Waals surface area contributed by atoms with Crippen molar-refractivity contribution in [3.8, 4) is 0 Å². The van der Waals surface area contributed by atoms with Gasteiger partial charge in [0.25, 0.3) is 0 Å². The number of rotatable bonds is 2. The van der Waals surface area contributed by atoms with Crippen LogP contribution in [0.4, 0.5) is 0 Å². The number of carbonyl (C=O) groups excluding carboxylic acids is 1. The molecule has 0 saturated carbocycles. The van der Waals surface area contributed by atoms with Crippen LogP contribution in [0.15, 0.2) is 34.0 Å². The number of aldehydes is 1. The van der Waals surface area contributed by atoms with Crippen molar-refractivity contribution in [1.82, 2.24) is 5.01 Å². The smallest absolute Gasteiger partial charge is 0.184 e. The zero-order valence-corrected chi connectivity index (χ0v) is 9.78. The van der Waals surface area contributed by atoms with Crippen molar-refractivity contribution in [2.75, 3.05) is 13.3 Å². The Bertz CT molecular complexity index is 369. The van der Waals surface area contributed by atoms with E-state index >= 15 is 0 Å². The molecule has 1 aliphatic heterocycles. The quantitative estimate of drug-likeness (QED) is 0.528. The molecule has 0 spiro atoms. The molecule has 1 aliphatic rings. The first-order valence-corrected chi connectivity index (χ1v) is 5.65. The average Bonchev–Trinajstić information content (AvgIpc) is 2.21. The molecule has 0 aromatic carbocycles. The highest BCUT2D eigenvalue weighted by Crippen LogP contribution is 2.15. The minimum absolute atomic E-state index is 0.734. The monoisotopic (exact) mass is 223 g/mol. The van der Waals surface area contributed by atoms with Gasteiger partial charge in [-0.3, -0.25) is 4.79 Å². The Balaban J connectivity index is 2.93. The molecule has 0 N–H and O–H groups in total. The summed E-state index contributed by atoms with van der Waals surface area (Å²) in [6.07, 6.45) is 7.54. The third kappa shape index (κ3) is 3.06. The molecule has 1 rings (SSSR count). The Morgan fingerprint density at radius 2 is 2.13 bits per heavy atom. The number of carbonyl (C=O) groups is 1. The van der Waals surface area contributed by atoms with Gasteiger partial charge in [-0.1, -0.05) is 17.8 Å². The summed E-state index contributed by atoms with van der Waals surface area (Å²) < 4.78 is 0. The highest BCUT2D eigenvalue weighted by Gasteiger charge is 2.13. The van der Waals surface area contributed by atoms with Crippen LogP contribution in [0.5, 0.6) is 0 Å². The standard InChI is InChI=1S/C10H13N3OS/c1-8-9(6-4-5-7-14)11-10(15-3)13(2)12-8/h4-7H,1-3H3/b5-4+,9-6-. The molecule has 0 aromatic heterocycles. The fourth-order valence-electron chi connectivity index (χ4n) is 1.10. The second kappa shape index (κ2) is 5.50. The van der Waals surface area contributed by atoms with Crippen molar-refractivity contribution >= 4 is 28.9 Å². The number of nitrogens with zero attached hydrogens (tertiary/aromatic N) is 3. The van der Waals surface area contributed by atoms with E-state index in [1.807, 2.05) is 20.2 Å². The highest BCUT2D eigenvalue weighted by atomic mass is 32.2. The van der Waals surface area contributed by atoms with Crippen LogP contribution >= 0.6 is 11.8 Å². The summed E-state index contributed by atoms with van der Waals surface area (Å²) in [5.41, 5.74) is 1.63. The third-order valence-electron chi connectivity index (χ3n) is 1.79. The maximum atomic E-state index is 10.1. The van der Waals surface area contributed by atoms with E-state index in [9.17, 15) is 4.79 Å². The molecule has 0 fully saturated rings. The number of hydrogen-bond acceptors (Lipinski definition) is 5. The van der Waals surface area contributed by atoms with Gasteiger partial charge >= 0.3 is 0 Å². The van der Waals surface area contributed by atoms with Crippen molar-refractivity contribution in [1.29, 1.82) is 0 Å². The van der Waals surface area contributed by atoms with Crippen LogP contribution in [0, 0.1) is 0 Å². The summed E-state index contributed by atoms with van der Waals surface area (Å²) in [7, 11) is 1.86. The lowest BCUT2D eigenvalue weighted by Gasteiger charge is -2.20. The normalized spacial score (nSPS) is 19.4. The lowest BCUT2D eigenvalue weighted by Crippen LogP contribution is -2.24. The topological polar surface area (TPSA) is 45.0 Å². The second-order valence-electron chi connectivity index (χ2n) is 2.88. The first kappa shape index (κ1) is 11.7. The minimum Gasteiger partial charge on any atom is -0.299 e. The number of hydrogen-bond donors (Lipinski definition) is 0. The van der Waals surface area contributed by atoms with Crippen LogP contribution < -0.4 is 0 Å². The zero-order chi connectivity index (χ0) is 11.3. The van der Waals surface area contributed by atoms with E-state index in [1.165, 1.54) is 17.8 Å². The van der Waals surface area contributed by atoms with Gasteiger partial charge < -0.3 is 0 Å². The summed E-state index contributed by atoms with van der Waals surface area (Å²) >= 11 is 1.53. The fraction of sp³-hybridized carbons (Fsp3) is 0.300. The van der Waals surface area contributed by atoms with E-state index in [4.69, 9.17) is 0 Å². The van der Waals surface area contributed by atoms with Gasteiger partial charge in [0.15, 0.2) is 5.17 Å². The van der Waals surface area contributed by atoms with E-state index in [-0.39, 0.29) is 0 Å². The Morgan fingerprint density at radius 1 is 1.40 bits per heavy atom. The van der Waals surface area contributed by atoms with Crippen LogP contribution in [-0.4, -0.2) is 35.5 Å². The van der Waals surface area contributed by atoms with Gasteiger partial charge in [0, 0.05) is 7.05 Å². The number of thioether (sulfide) groups is 1. The minimum atomic E-state index is 0.734. The predicted octanol–water partition coefficient (Wildman–Crippen LogP) is 1.67. The fourth-order valence-corrected chi connectivity index (χ4v) is 1.60. The second-order valence-corrected chi connectivity index (χ2v) is 3.65. The average molecular weight is 223 g/mol. The maximum absolute atomic E-state index is 10.1. The molecule has 0 radical (unpaired) electrons. The molecular weight excluding hydrogens is 210 g/mol. The zero-order valence-electron chi connectivity index (χ0n) is 8.97. The molecule has 1 heterocycles. The van der Waals surface area contributed by atoms with E-state index in [2.05, 4.69) is 10.1 Å². The van der Waals surface area contributed by atoms with E-state index in [0.717, 1.165) is 22.9 Å². The largest absolute Gasteiger partial charge is 0.299 e. The van der Waals surface area contributed by atoms with Gasteiger partial charge in [-0.2, -0.15) is 5.10 Å². The molecule has 0 atom stereocenters. The number of hydrazone groups is 1. The molecule has 0 aliphatic carbocycles. The van der Waals surface area contributed by atoms with Crippen molar-refractivity contribution in [2.45, 2.75) is 6.92 Å². The van der Waals surface area contributed by atoms with Gasteiger partial charge in [-0.25, -0.2) is 10.0 Å². The summed E-state index contributed by atoms with van der Waals surface area (Å²) in [4.78, 5) is 14.5. The highest BCUT2D eigenvalue weighted by molar-refractivity contribution is 8.13. The summed E-state index contributed by atoms with van der Waals surface area (Å²) in [5.74, 6) is 0. The van der Waals surface area contributed by atoms with Gasteiger partial charge in [0.05, 0.1) is 11.4 Å². The first-order chi connectivity index (χ1) is 7.19. The molecule has 0 aromatic rings. The van der Waals surface area contributed by atoms with Crippen molar-refractivity contribution < 1.29 is 4.79 Å². The van der Waals surface area contributed by atoms with Crippen LogP contribution in [0.1, 0.15) is 6.92 Å². The molecule has 0 unspecified atom stereocenters. The number of amidine groups is 1. The Kier molecular flexibility index (Phi) is 4.30. The first-order valence-electron chi connectivity index (χ1n) is 4.43. The number of allylic oxidation sites excluding steroid dienone is 4. The van der Waals surface area contributed by atoms with E-state index in [0.29, 0.717) is 0 Å². The number of aliphatic imine (C=N–C) groups is 1. The Hall–Kier alpha value is -1.36. The van der Waals surface area contributed by atoms with Crippen LogP contribution in [-0.2, 0) is 4.79 Å². The van der Waals surface area contributed by atoms with Crippen molar-refractivity contribution in [3.05, 3.63) is 23.9 Å². The molecule has 80 valence electrons. The molecular formula is C10H13N3OS. The van der Waals surface area contributed by atoms with E-state index < -0.39 is 0 Å². The van der Waals surface area contributed by atoms with Crippen molar-refractivity contribution in [3.63, 3.8) is 0 Å². The maximum Gasteiger partial charge on any atom is 0.184 e. The van der Waals surface area contributed by atoms with Gasteiger partial charge in [0.2, 0.25) is 0 Å². The molecule has 0 bridgehead atoms. The molecule has 5 heteroatoms. The Labute approximate surface area is 93.4 Å². The van der Waals surface area contributed by atoms with Gasteiger partial charge in [-0.15, -0.1) is 0 Å². The summed E-state index contributed by atoms with van der Waals surface area (Å²) in [6, 6.07) is 0. The van der Waals surface area contributed by atoms with Crippen LogP contribution in [0.3, 0.4) is 0 Å². The van der Waals surface area contributed by atoms with Crippen molar-refractivity contribution in [2.24, 2.45) is 10.1 Å². The molecule has 0 saturated heterocycles. The SMILES string of the molecule is CSC1=N/C(=C\C=C\C=O)C(C)=NN1C. The predicted molar refractivity (Wildman–Crippen MR) is 65.1 cm³/mol. The lowest BCUT2D eigenvalue weighted by molar-refractivity contribution is -0.104. The molecule has 4 nitrogen and oxygen atoms in total. The van der Waals surface area contributed by atoms with Gasteiger partial charge in [0.1, 0.15) is 6.29 Å². The summed E-state index contributed by atoms with van der Waals surface area (Å²) in [6.45, 7) is 1.89. The third-order valence-corrected chi connectivity index (χ3v) is 2.51. The van der Waals surface area contributed by atoms with E-state index in [1.54, 1.807) is 17.2 Å². The molecule has 0 amide bonds. The molecule has 15 heavy (non-hydrogen) atoms. The van der Waals surface area contributed by atoms with Crippen LogP contribution in [0.2, 0.25) is 0 Å². The Morgan fingerprint density at radius 3 is 2.73 bits per heavy atom.